The maximum atomic E-state index is 11.8. The zero-order valence-electron chi connectivity index (χ0n) is 9.91. The van der Waals surface area contributed by atoms with Gasteiger partial charge in [-0.1, -0.05) is 19.3 Å². The summed E-state index contributed by atoms with van der Waals surface area (Å²) in [6.45, 7) is 1.86. The summed E-state index contributed by atoms with van der Waals surface area (Å²) in [6, 6.07) is -0.0499. The van der Waals surface area contributed by atoms with Crippen molar-refractivity contribution in [1.29, 1.82) is 0 Å². The normalized spacial score (nSPS) is 20.9. The highest BCUT2D eigenvalue weighted by atomic mass is 35.5. The van der Waals surface area contributed by atoms with Crippen LogP contribution in [0.15, 0.2) is 0 Å². The van der Waals surface area contributed by atoms with Crippen molar-refractivity contribution < 1.29 is 8.42 Å². The Hall–Kier alpha value is 0.200. The van der Waals surface area contributed by atoms with Crippen molar-refractivity contribution in [3.05, 3.63) is 0 Å². The van der Waals surface area contributed by atoms with Crippen LogP contribution >= 0.6 is 11.6 Å². The van der Waals surface area contributed by atoms with Gasteiger partial charge in [0.25, 0.3) is 0 Å². The van der Waals surface area contributed by atoms with Gasteiger partial charge in [-0.15, -0.1) is 11.6 Å². The molecule has 3 nitrogen and oxygen atoms in total. The van der Waals surface area contributed by atoms with Crippen LogP contribution in [0.5, 0.6) is 0 Å². The fourth-order valence-corrected chi connectivity index (χ4v) is 4.35. The van der Waals surface area contributed by atoms with Gasteiger partial charge in [0.05, 0.1) is 5.75 Å². The van der Waals surface area contributed by atoms with Crippen LogP contribution in [-0.2, 0) is 10.0 Å². The molecule has 1 saturated carbocycles. The molecule has 0 saturated heterocycles. The van der Waals surface area contributed by atoms with E-state index in [0.717, 1.165) is 12.8 Å². The second-order valence-corrected chi connectivity index (χ2v) is 6.96. The molecule has 0 aromatic carbocycles. The molecule has 1 fully saturated rings. The van der Waals surface area contributed by atoms with Gasteiger partial charge in [-0.2, -0.15) is 0 Å². The third-order valence-corrected chi connectivity index (χ3v) is 4.99. The predicted octanol–water partition coefficient (Wildman–Crippen LogP) is 2.50. The molecule has 1 N–H and O–H groups in total. The van der Waals surface area contributed by atoms with Crippen molar-refractivity contribution in [2.24, 2.45) is 5.92 Å². The minimum Gasteiger partial charge on any atom is -0.212 e. The molecular weight excluding hydrogens is 246 g/mol. The van der Waals surface area contributed by atoms with Gasteiger partial charge in [0.15, 0.2) is 0 Å². The SMILES string of the molecule is CC(CCCl)NS(=O)(=O)CC1CCCCC1. The summed E-state index contributed by atoms with van der Waals surface area (Å²) in [6.07, 6.45) is 6.42. The topological polar surface area (TPSA) is 46.2 Å². The maximum absolute atomic E-state index is 11.8. The van der Waals surface area contributed by atoms with E-state index in [1.165, 1.54) is 19.3 Å². The Bertz CT molecular complexity index is 286. The lowest BCUT2D eigenvalue weighted by Gasteiger charge is -2.22. The van der Waals surface area contributed by atoms with Crippen molar-refractivity contribution >= 4 is 21.6 Å². The van der Waals surface area contributed by atoms with Crippen molar-refractivity contribution in [2.75, 3.05) is 11.6 Å². The fraction of sp³-hybridized carbons (Fsp3) is 1.00. The Morgan fingerprint density at radius 1 is 1.31 bits per heavy atom. The molecule has 0 amide bonds. The number of halogens is 1. The van der Waals surface area contributed by atoms with E-state index in [-0.39, 0.29) is 6.04 Å². The zero-order valence-corrected chi connectivity index (χ0v) is 11.5. The average Bonchev–Trinajstić information content (AvgIpc) is 2.17. The van der Waals surface area contributed by atoms with Gasteiger partial charge < -0.3 is 0 Å². The first kappa shape index (κ1) is 14.3. The van der Waals surface area contributed by atoms with Gasteiger partial charge in [-0.3, -0.25) is 0 Å². The largest absolute Gasteiger partial charge is 0.212 e. The molecule has 5 heteroatoms. The minimum absolute atomic E-state index is 0.0499. The Labute approximate surface area is 104 Å². The second kappa shape index (κ2) is 6.82. The molecular formula is C11H22ClNO2S. The number of hydrogen-bond donors (Lipinski definition) is 1. The van der Waals surface area contributed by atoms with E-state index in [0.29, 0.717) is 24.0 Å². The first-order valence-corrected chi connectivity index (χ1v) is 8.28. The quantitative estimate of drug-likeness (QED) is 0.752. The standard InChI is InChI=1S/C11H22ClNO2S/c1-10(7-8-12)13-16(14,15)9-11-5-3-2-4-6-11/h10-11,13H,2-9H2,1H3. The Morgan fingerprint density at radius 3 is 2.50 bits per heavy atom. The van der Waals surface area contributed by atoms with Crippen LogP contribution in [0.3, 0.4) is 0 Å². The van der Waals surface area contributed by atoms with Crippen LogP contribution in [0.2, 0.25) is 0 Å². The fourth-order valence-electron chi connectivity index (χ4n) is 2.24. The van der Waals surface area contributed by atoms with Crippen LogP contribution in [0.1, 0.15) is 45.4 Å². The summed E-state index contributed by atoms with van der Waals surface area (Å²) in [5.74, 6) is 1.14. The Balaban J connectivity index is 2.38. The summed E-state index contributed by atoms with van der Waals surface area (Å²) in [7, 11) is -3.11. The van der Waals surface area contributed by atoms with E-state index >= 15 is 0 Å². The number of hydrogen-bond acceptors (Lipinski definition) is 2. The van der Waals surface area contributed by atoms with Gasteiger partial charge in [0, 0.05) is 11.9 Å². The number of alkyl halides is 1. The molecule has 0 aliphatic heterocycles. The van der Waals surface area contributed by atoms with E-state index in [4.69, 9.17) is 11.6 Å². The van der Waals surface area contributed by atoms with Gasteiger partial charge in [0.1, 0.15) is 0 Å². The van der Waals surface area contributed by atoms with Crippen LogP contribution in [-0.4, -0.2) is 26.1 Å². The van der Waals surface area contributed by atoms with E-state index in [1.807, 2.05) is 6.92 Å². The third kappa shape index (κ3) is 5.51. The Morgan fingerprint density at radius 2 is 1.94 bits per heavy atom. The maximum Gasteiger partial charge on any atom is 0.212 e. The summed E-state index contributed by atoms with van der Waals surface area (Å²) < 4.78 is 26.4. The molecule has 0 bridgehead atoms. The molecule has 96 valence electrons. The molecule has 0 aromatic heterocycles. The van der Waals surface area contributed by atoms with E-state index in [1.54, 1.807) is 0 Å². The summed E-state index contributed by atoms with van der Waals surface area (Å²) in [5.41, 5.74) is 0. The summed E-state index contributed by atoms with van der Waals surface area (Å²) in [5, 5.41) is 0. The molecule has 1 aliphatic carbocycles. The molecule has 1 unspecified atom stereocenters. The molecule has 1 rings (SSSR count). The number of rotatable bonds is 6. The highest BCUT2D eigenvalue weighted by molar-refractivity contribution is 7.89. The van der Waals surface area contributed by atoms with Crippen LogP contribution in [0.4, 0.5) is 0 Å². The first-order valence-electron chi connectivity index (χ1n) is 6.09. The molecule has 0 radical (unpaired) electrons. The van der Waals surface area contributed by atoms with E-state index < -0.39 is 10.0 Å². The zero-order chi connectivity index (χ0) is 12.0. The monoisotopic (exact) mass is 267 g/mol. The van der Waals surface area contributed by atoms with Crippen molar-refractivity contribution in [2.45, 2.75) is 51.5 Å². The lowest BCUT2D eigenvalue weighted by molar-refractivity contribution is 0.383. The molecule has 1 aliphatic rings. The predicted molar refractivity (Wildman–Crippen MR) is 68.3 cm³/mol. The summed E-state index contributed by atoms with van der Waals surface area (Å²) >= 11 is 5.58. The lowest BCUT2D eigenvalue weighted by atomic mass is 9.91. The van der Waals surface area contributed by atoms with Crippen molar-refractivity contribution in [1.82, 2.24) is 4.72 Å². The molecule has 0 aromatic rings. The van der Waals surface area contributed by atoms with Crippen LogP contribution in [0, 0.1) is 5.92 Å². The Kier molecular flexibility index (Phi) is 6.08. The molecule has 0 heterocycles. The molecule has 16 heavy (non-hydrogen) atoms. The lowest BCUT2D eigenvalue weighted by Crippen LogP contribution is -2.37. The third-order valence-electron chi connectivity index (χ3n) is 3.10. The van der Waals surface area contributed by atoms with Gasteiger partial charge in [-0.05, 0) is 32.1 Å². The molecule has 0 spiro atoms. The average molecular weight is 268 g/mol. The van der Waals surface area contributed by atoms with Gasteiger partial charge in [0.2, 0.25) is 10.0 Å². The minimum atomic E-state index is -3.11. The molecule has 1 atom stereocenters. The van der Waals surface area contributed by atoms with E-state index in [9.17, 15) is 8.42 Å². The van der Waals surface area contributed by atoms with Gasteiger partial charge in [-0.25, -0.2) is 13.1 Å². The second-order valence-electron chi connectivity index (χ2n) is 4.78. The highest BCUT2D eigenvalue weighted by Gasteiger charge is 2.22. The van der Waals surface area contributed by atoms with Crippen molar-refractivity contribution in [3.8, 4) is 0 Å². The first-order chi connectivity index (χ1) is 7.53. The smallest absolute Gasteiger partial charge is 0.212 e. The van der Waals surface area contributed by atoms with Gasteiger partial charge >= 0.3 is 0 Å². The number of nitrogens with one attached hydrogen (secondary N) is 1. The van der Waals surface area contributed by atoms with Crippen LogP contribution < -0.4 is 4.72 Å². The summed E-state index contributed by atoms with van der Waals surface area (Å²) in [4.78, 5) is 0. The van der Waals surface area contributed by atoms with Crippen LogP contribution in [0.25, 0.3) is 0 Å². The van der Waals surface area contributed by atoms with E-state index in [2.05, 4.69) is 4.72 Å². The number of sulfonamides is 1. The van der Waals surface area contributed by atoms with Crippen molar-refractivity contribution in [3.63, 3.8) is 0 Å². The highest BCUT2D eigenvalue weighted by Crippen LogP contribution is 2.24.